The first-order chi connectivity index (χ1) is 7.88. The molecule has 7 heteroatoms. The monoisotopic (exact) mass is 324 g/mol. The van der Waals surface area contributed by atoms with Crippen molar-refractivity contribution in [3.63, 3.8) is 0 Å². The Hall–Kier alpha value is -0.400. The highest BCUT2D eigenvalue weighted by molar-refractivity contribution is 9.09. The van der Waals surface area contributed by atoms with Crippen molar-refractivity contribution in [1.82, 2.24) is 9.88 Å². The van der Waals surface area contributed by atoms with Gasteiger partial charge < -0.3 is 4.52 Å². The van der Waals surface area contributed by atoms with Crippen LogP contribution in [-0.4, -0.2) is 24.9 Å². The number of nitrogens with one attached hydrogen (secondary N) is 1. The van der Waals surface area contributed by atoms with Crippen LogP contribution in [0.25, 0.3) is 0 Å². The van der Waals surface area contributed by atoms with E-state index in [0.29, 0.717) is 11.5 Å². The van der Waals surface area contributed by atoms with Crippen molar-refractivity contribution >= 4 is 26.0 Å². The van der Waals surface area contributed by atoms with Crippen LogP contribution >= 0.6 is 15.9 Å². The summed E-state index contributed by atoms with van der Waals surface area (Å²) in [4.78, 5) is 0.156. The molecule has 98 valence electrons. The Morgan fingerprint density at radius 3 is 2.59 bits per heavy atom. The third kappa shape index (κ3) is 3.79. The molecule has 1 unspecified atom stereocenters. The lowest BCUT2D eigenvalue weighted by Gasteiger charge is -2.13. The highest BCUT2D eigenvalue weighted by atomic mass is 79.9. The second-order valence-corrected chi connectivity index (χ2v) is 6.45. The van der Waals surface area contributed by atoms with Gasteiger partial charge in [0.2, 0.25) is 10.0 Å². The minimum Gasteiger partial charge on any atom is -0.360 e. The zero-order valence-corrected chi connectivity index (χ0v) is 12.6. The molecule has 0 aliphatic heterocycles. The van der Waals surface area contributed by atoms with Crippen molar-refractivity contribution in [3.8, 4) is 0 Å². The summed E-state index contributed by atoms with van der Waals surface area (Å²) in [5.41, 5.74) is 0.391. The van der Waals surface area contributed by atoms with Crippen LogP contribution in [0.3, 0.4) is 0 Å². The van der Waals surface area contributed by atoms with Gasteiger partial charge in [0.15, 0.2) is 5.76 Å². The van der Waals surface area contributed by atoms with Crippen molar-refractivity contribution in [2.75, 3.05) is 5.33 Å². The lowest BCUT2D eigenvalue weighted by molar-refractivity contribution is 0.390. The first-order valence-electron chi connectivity index (χ1n) is 5.39. The first-order valence-corrected chi connectivity index (χ1v) is 8.00. The maximum absolute atomic E-state index is 12.1. The molecule has 0 amide bonds. The van der Waals surface area contributed by atoms with E-state index in [4.69, 9.17) is 4.52 Å². The Morgan fingerprint density at radius 2 is 2.12 bits per heavy atom. The second-order valence-electron chi connectivity index (χ2n) is 4.01. The summed E-state index contributed by atoms with van der Waals surface area (Å²) in [6, 6.07) is -0.105. The summed E-state index contributed by atoms with van der Waals surface area (Å²) in [7, 11) is -3.53. The summed E-state index contributed by atoms with van der Waals surface area (Å²) >= 11 is 3.32. The van der Waals surface area contributed by atoms with Gasteiger partial charge in [0.25, 0.3) is 0 Å². The van der Waals surface area contributed by atoms with Gasteiger partial charge in [0.05, 0.1) is 0 Å². The van der Waals surface area contributed by atoms with Crippen molar-refractivity contribution in [3.05, 3.63) is 11.5 Å². The van der Waals surface area contributed by atoms with Crippen molar-refractivity contribution in [2.24, 2.45) is 0 Å². The normalized spacial score (nSPS) is 13.9. The fourth-order valence-corrected chi connectivity index (χ4v) is 3.56. The molecule has 0 saturated carbocycles. The number of sulfonamides is 1. The molecule has 1 atom stereocenters. The zero-order valence-electron chi connectivity index (χ0n) is 10.2. The van der Waals surface area contributed by atoms with Crippen LogP contribution in [-0.2, 0) is 10.0 Å². The lowest BCUT2D eigenvalue weighted by Crippen LogP contribution is -2.33. The van der Waals surface area contributed by atoms with E-state index in [-0.39, 0.29) is 10.9 Å². The molecule has 1 N–H and O–H groups in total. The smallest absolute Gasteiger partial charge is 0.246 e. The van der Waals surface area contributed by atoms with Crippen LogP contribution in [0.1, 0.15) is 31.2 Å². The molecule has 0 fully saturated rings. The fourth-order valence-electron chi connectivity index (χ4n) is 1.62. The van der Waals surface area contributed by atoms with E-state index in [1.54, 1.807) is 13.8 Å². The number of alkyl halides is 1. The number of hydrogen-bond acceptors (Lipinski definition) is 4. The van der Waals surface area contributed by atoms with Gasteiger partial charge >= 0.3 is 0 Å². The van der Waals surface area contributed by atoms with Gasteiger partial charge in [-0.2, -0.15) is 0 Å². The molecule has 1 rings (SSSR count). The summed E-state index contributed by atoms with van der Waals surface area (Å²) in [6.45, 7) is 5.06. The van der Waals surface area contributed by atoms with Gasteiger partial charge in [0, 0.05) is 11.4 Å². The van der Waals surface area contributed by atoms with E-state index in [9.17, 15) is 8.42 Å². The van der Waals surface area contributed by atoms with E-state index < -0.39 is 10.0 Å². The Bertz CT molecular complexity index is 450. The molecule has 0 spiro atoms. The molecule has 0 bridgehead atoms. The maximum atomic E-state index is 12.1. The predicted octanol–water partition coefficient (Wildman–Crippen LogP) is 2.13. The average molecular weight is 325 g/mol. The molecule has 5 nitrogen and oxygen atoms in total. The third-order valence-corrected chi connectivity index (χ3v) is 4.76. The molecule has 17 heavy (non-hydrogen) atoms. The molecule has 0 saturated heterocycles. The van der Waals surface area contributed by atoms with E-state index in [1.807, 2.05) is 6.92 Å². The minimum atomic E-state index is -3.53. The highest BCUT2D eigenvalue weighted by Crippen LogP contribution is 2.19. The van der Waals surface area contributed by atoms with Gasteiger partial charge in [0.1, 0.15) is 10.6 Å². The molecule has 0 aliphatic rings. The van der Waals surface area contributed by atoms with Crippen LogP contribution in [0.4, 0.5) is 0 Å². The molecule has 0 radical (unpaired) electrons. The maximum Gasteiger partial charge on any atom is 0.246 e. The standard InChI is InChI=1S/C10H17BrN2O3S/c1-7(5-4-6-11)13-17(14,15)10-8(2)12-16-9(10)3/h7,13H,4-6H2,1-3H3. The fraction of sp³-hybridized carbons (Fsp3) is 0.700. The lowest BCUT2D eigenvalue weighted by atomic mass is 10.2. The van der Waals surface area contributed by atoms with E-state index in [0.717, 1.165) is 18.2 Å². The number of nitrogens with zero attached hydrogens (tertiary/aromatic N) is 1. The second kappa shape index (κ2) is 5.97. The molecule has 1 aromatic rings. The van der Waals surface area contributed by atoms with Crippen LogP contribution in [0.5, 0.6) is 0 Å². The number of aryl methyl sites for hydroxylation is 2. The SMILES string of the molecule is Cc1noc(C)c1S(=O)(=O)NC(C)CCCBr. The van der Waals surface area contributed by atoms with E-state index in [2.05, 4.69) is 25.8 Å². The Morgan fingerprint density at radius 1 is 1.47 bits per heavy atom. The van der Waals surface area contributed by atoms with Crippen LogP contribution in [0.15, 0.2) is 9.42 Å². The Labute approximate surface area is 110 Å². The van der Waals surface area contributed by atoms with Gasteiger partial charge in [-0.15, -0.1) is 0 Å². The van der Waals surface area contributed by atoms with Crippen LogP contribution < -0.4 is 4.72 Å². The number of rotatable bonds is 6. The Kier molecular flexibility index (Phi) is 5.15. The average Bonchev–Trinajstić information content (AvgIpc) is 2.55. The van der Waals surface area contributed by atoms with Gasteiger partial charge in [-0.3, -0.25) is 0 Å². The quantitative estimate of drug-likeness (QED) is 0.813. The van der Waals surface area contributed by atoms with E-state index in [1.165, 1.54) is 0 Å². The summed E-state index contributed by atoms with van der Waals surface area (Å²) in [5, 5.41) is 4.52. The molecular weight excluding hydrogens is 308 g/mol. The third-order valence-electron chi connectivity index (χ3n) is 2.36. The molecular formula is C10H17BrN2O3S. The molecule has 1 aromatic heterocycles. The molecule has 1 heterocycles. The summed E-state index contributed by atoms with van der Waals surface area (Å²) in [5.74, 6) is 0.322. The summed E-state index contributed by atoms with van der Waals surface area (Å²) in [6.07, 6.45) is 1.71. The Balaban J connectivity index is 2.83. The minimum absolute atomic E-state index is 0.105. The predicted molar refractivity (Wildman–Crippen MR) is 68.8 cm³/mol. The van der Waals surface area contributed by atoms with Gasteiger partial charge in [-0.1, -0.05) is 21.1 Å². The van der Waals surface area contributed by atoms with Crippen LogP contribution in [0.2, 0.25) is 0 Å². The van der Waals surface area contributed by atoms with Crippen LogP contribution in [0, 0.1) is 13.8 Å². The number of aromatic nitrogens is 1. The summed E-state index contributed by atoms with van der Waals surface area (Å²) < 4.78 is 31.7. The largest absolute Gasteiger partial charge is 0.360 e. The first kappa shape index (κ1) is 14.7. The molecule has 0 aromatic carbocycles. The van der Waals surface area contributed by atoms with Gasteiger partial charge in [-0.25, -0.2) is 13.1 Å². The van der Waals surface area contributed by atoms with Gasteiger partial charge in [-0.05, 0) is 33.6 Å². The molecule has 0 aliphatic carbocycles. The van der Waals surface area contributed by atoms with Crippen molar-refractivity contribution < 1.29 is 12.9 Å². The number of hydrogen-bond donors (Lipinski definition) is 1. The van der Waals surface area contributed by atoms with Crippen molar-refractivity contribution in [1.29, 1.82) is 0 Å². The number of halogens is 1. The van der Waals surface area contributed by atoms with E-state index >= 15 is 0 Å². The van der Waals surface area contributed by atoms with Crippen molar-refractivity contribution in [2.45, 2.75) is 44.6 Å². The highest BCUT2D eigenvalue weighted by Gasteiger charge is 2.25. The zero-order chi connectivity index (χ0) is 13.1. The topological polar surface area (TPSA) is 72.2 Å².